The van der Waals surface area contributed by atoms with Gasteiger partial charge < -0.3 is 20.1 Å². The third-order valence-electron chi connectivity index (χ3n) is 3.30. The highest BCUT2D eigenvalue weighted by Gasteiger charge is 2.15. The fraction of sp³-hybridized carbons (Fsp3) is 0.188. The Hall–Kier alpha value is -2.90. The highest BCUT2D eigenvalue weighted by Crippen LogP contribution is 2.32. The first-order valence-electron chi connectivity index (χ1n) is 7.11. The molecular formula is C16H13F3N2O3. The second-order valence-corrected chi connectivity index (χ2v) is 4.98. The molecule has 0 spiro atoms. The van der Waals surface area contributed by atoms with Crippen LogP contribution >= 0.6 is 0 Å². The van der Waals surface area contributed by atoms with Crippen LogP contribution in [0.2, 0.25) is 0 Å². The van der Waals surface area contributed by atoms with E-state index in [4.69, 9.17) is 9.47 Å². The van der Waals surface area contributed by atoms with Crippen molar-refractivity contribution in [3.8, 4) is 11.5 Å². The molecule has 1 heterocycles. The van der Waals surface area contributed by atoms with Crippen molar-refractivity contribution >= 4 is 17.3 Å². The Labute approximate surface area is 135 Å². The number of benzene rings is 2. The van der Waals surface area contributed by atoms with Crippen LogP contribution in [0.4, 0.5) is 24.5 Å². The van der Waals surface area contributed by atoms with Crippen LogP contribution in [0.1, 0.15) is 0 Å². The van der Waals surface area contributed by atoms with Gasteiger partial charge in [-0.05, 0) is 24.3 Å². The fourth-order valence-electron chi connectivity index (χ4n) is 2.16. The summed E-state index contributed by atoms with van der Waals surface area (Å²) in [6, 6.07) is 6.69. The molecule has 0 saturated carbocycles. The van der Waals surface area contributed by atoms with Crippen LogP contribution < -0.4 is 20.1 Å². The largest absolute Gasteiger partial charge is 0.486 e. The first kappa shape index (κ1) is 16.0. The van der Waals surface area contributed by atoms with E-state index in [2.05, 4.69) is 10.6 Å². The lowest BCUT2D eigenvalue weighted by atomic mass is 10.2. The molecule has 2 aromatic carbocycles. The van der Waals surface area contributed by atoms with Gasteiger partial charge in [0.15, 0.2) is 29.0 Å². The second kappa shape index (κ2) is 6.69. The first-order chi connectivity index (χ1) is 11.5. The van der Waals surface area contributed by atoms with Gasteiger partial charge in [-0.3, -0.25) is 4.79 Å². The van der Waals surface area contributed by atoms with Crippen molar-refractivity contribution < 1.29 is 27.4 Å². The molecular weight excluding hydrogens is 325 g/mol. The molecule has 0 saturated heterocycles. The van der Waals surface area contributed by atoms with Gasteiger partial charge in [0.2, 0.25) is 5.91 Å². The van der Waals surface area contributed by atoms with Gasteiger partial charge in [0, 0.05) is 11.8 Å². The second-order valence-electron chi connectivity index (χ2n) is 4.98. The number of anilines is 2. The number of halogens is 3. The molecule has 2 N–H and O–H groups in total. The van der Waals surface area contributed by atoms with Gasteiger partial charge in [0.1, 0.15) is 13.2 Å². The maximum Gasteiger partial charge on any atom is 0.243 e. The molecule has 0 fully saturated rings. The first-order valence-corrected chi connectivity index (χ1v) is 7.11. The maximum atomic E-state index is 13.5. The van der Waals surface area contributed by atoms with Gasteiger partial charge in [0.25, 0.3) is 0 Å². The summed E-state index contributed by atoms with van der Waals surface area (Å²) in [4.78, 5) is 11.9. The molecule has 1 amide bonds. The number of nitrogens with one attached hydrogen (secondary N) is 2. The van der Waals surface area contributed by atoms with Crippen LogP contribution in [-0.4, -0.2) is 25.7 Å². The zero-order valence-electron chi connectivity index (χ0n) is 12.4. The van der Waals surface area contributed by atoms with E-state index in [-0.39, 0.29) is 12.2 Å². The summed E-state index contributed by atoms with van der Waals surface area (Å²) in [5, 5.41) is 4.99. The Kier molecular flexibility index (Phi) is 4.45. The minimum atomic E-state index is -1.59. The van der Waals surface area contributed by atoms with Crippen molar-refractivity contribution in [3.63, 3.8) is 0 Å². The number of hydrogen-bond acceptors (Lipinski definition) is 4. The summed E-state index contributed by atoms with van der Waals surface area (Å²) in [5.74, 6) is -3.65. The highest BCUT2D eigenvalue weighted by atomic mass is 19.2. The predicted octanol–water partition coefficient (Wildman–Crippen LogP) is 2.93. The van der Waals surface area contributed by atoms with Gasteiger partial charge in [0.05, 0.1) is 12.2 Å². The minimum Gasteiger partial charge on any atom is -0.486 e. The third-order valence-corrected chi connectivity index (χ3v) is 3.30. The Morgan fingerprint density at radius 3 is 2.54 bits per heavy atom. The van der Waals surface area contributed by atoms with Crippen LogP contribution in [0.5, 0.6) is 11.5 Å². The summed E-state index contributed by atoms with van der Waals surface area (Å²) < 4.78 is 50.2. The third kappa shape index (κ3) is 3.37. The number of rotatable bonds is 4. The van der Waals surface area contributed by atoms with Crippen molar-refractivity contribution in [2.45, 2.75) is 0 Å². The molecule has 2 aromatic rings. The molecule has 1 aliphatic rings. The van der Waals surface area contributed by atoms with Gasteiger partial charge in [-0.2, -0.15) is 0 Å². The predicted molar refractivity (Wildman–Crippen MR) is 80.9 cm³/mol. The minimum absolute atomic E-state index is 0.300. The molecule has 0 radical (unpaired) electrons. The van der Waals surface area contributed by atoms with Crippen molar-refractivity contribution in [1.82, 2.24) is 0 Å². The molecule has 0 aromatic heterocycles. The molecule has 24 heavy (non-hydrogen) atoms. The fourth-order valence-corrected chi connectivity index (χ4v) is 2.16. The Morgan fingerprint density at radius 2 is 1.75 bits per heavy atom. The van der Waals surface area contributed by atoms with E-state index in [9.17, 15) is 18.0 Å². The molecule has 1 aliphatic heterocycles. The zero-order chi connectivity index (χ0) is 17.1. The maximum absolute atomic E-state index is 13.5. The number of ether oxygens (including phenoxy) is 2. The number of fused-ring (bicyclic) bond motifs is 1. The summed E-state index contributed by atoms with van der Waals surface area (Å²) in [7, 11) is 0. The standard InChI is InChI=1S/C16H13F3N2O3/c17-10-2-3-11(16(19)15(10)18)20-8-14(22)21-9-1-4-12-13(7-9)24-6-5-23-12/h1-4,7,20H,5-6,8H2,(H,21,22). The van der Waals surface area contributed by atoms with Gasteiger partial charge in [-0.25, -0.2) is 13.2 Å². The number of hydrogen-bond donors (Lipinski definition) is 2. The van der Waals surface area contributed by atoms with Gasteiger partial charge >= 0.3 is 0 Å². The lowest BCUT2D eigenvalue weighted by Crippen LogP contribution is -2.22. The molecule has 0 unspecified atom stereocenters. The van der Waals surface area contributed by atoms with Crippen LogP contribution in [0.15, 0.2) is 30.3 Å². The number of amides is 1. The lowest BCUT2D eigenvalue weighted by molar-refractivity contribution is -0.114. The van der Waals surface area contributed by atoms with Crippen molar-refractivity contribution in [2.75, 3.05) is 30.4 Å². The van der Waals surface area contributed by atoms with Gasteiger partial charge in [-0.1, -0.05) is 0 Å². The molecule has 0 aliphatic carbocycles. The van der Waals surface area contributed by atoms with E-state index in [1.54, 1.807) is 18.2 Å². The van der Waals surface area contributed by atoms with E-state index in [0.29, 0.717) is 30.4 Å². The van der Waals surface area contributed by atoms with E-state index >= 15 is 0 Å². The highest BCUT2D eigenvalue weighted by molar-refractivity contribution is 5.94. The number of carbonyl (C=O) groups is 1. The smallest absolute Gasteiger partial charge is 0.243 e. The average Bonchev–Trinajstić information content (AvgIpc) is 2.59. The van der Waals surface area contributed by atoms with Crippen molar-refractivity contribution in [3.05, 3.63) is 47.8 Å². The lowest BCUT2D eigenvalue weighted by Gasteiger charge is -2.19. The quantitative estimate of drug-likeness (QED) is 0.842. The van der Waals surface area contributed by atoms with E-state index in [1.165, 1.54) is 0 Å². The molecule has 126 valence electrons. The van der Waals surface area contributed by atoms with Crippen LogP contribution in [0.3, 0.4) is 0 Å². The monoisotopic (exact) mass is 338 g/mol. The zero-order valence-corrected chi connectivity index (χ0v) is 12.4. The summed E-state index contributed by atoms with van der Waals surface area (Å²) in [6.45, 7) is 0.556. The summed E-state index contributed by atoms with van der Waals surface area (Å²) >= 11 is 0. The Bertz CT molecular complexity index is 783. The molecule has 5 nitrogen and oxygen atoms in total. The average molecular weight is 338 g/mol. The van der Waals surface area contributed by atoms with E-state index < -0.39 is 23.4 Å². The van der Waals surface area contributed by atoms with Crippen LogP contribution in [0, 0.1) is 17.5 Å². The molecule has 3 rings (SSSR count). The van der Waals surface area contributed by atoms with E-state index in [0.717, 1.165) is 12.1 Å². The summed E-state index contributed by atoms with van der Waals surface area (Å²) in [5.41, 5.74) is 0.169. The Morgan fingerprint density at radius 1 is 1.00 bits per heavy atom. The number of carbonyl (C=O) groups excluding carboxylic acids is 1. The van der Waals surface area contributed by atoms with E-state index in [1.807, 2.05) is 0 Å². The summed E-state index contributed by atoms with van der Waals surface area (Å²) in [6.07, 6.45) is 0. The topological polar surface area (TPSA) is 59.6 Å². The van der Waals surface area contributed by atoms with Crippen LogP contribution in [0.25, 0.3) is 0 Å². The molecule has 0 atom stereocenters. The SMILES string of the molecule is O=C(CNc1ccc(F)c(F)c1F)Nc1ccc2c(c1)OCCO2. The van der Waals surface area contributed by atoms with Gasteiger partial charge in [-0.15, -0.1) is 0 Å². The molecule has 8 heteroatoms. The molecule has 0 bridgehead atoms. The Balaban J connectivity index is 1.61. The van der Waals surface area contributed by atoms with Crippen LogP contribution in [-0.2, 0) is 4.79 Å². The van der Waals surface area contributed by atoms with Crippen molar-refractivity contribution in [1.29, 1.82) is 0 Å². The normalized spacial score (nSPS) is 12.6. The van der Waals surface area contributed by atoms with Crippen molar-refractivity contribution in [2.24, 2.45) is 0 Å².